The third-order valence-corrected chi connectivity index (χ3v) is 5.63. The number of benzene rings is 2. The predicted molar refractivity (Wildman–Crippen MR) is 107 cm³/mol. The lowest BCUT2D eigenvalue weighted by Crippen LogP contribution is -2.39. The van der Waals surface area contributed by atoms with E-state index in [-0.39, 0.29) is 23.7 Å². The van der Waals surface area contributed by atoms with Gasteiger partial charge in [-0.15, -0.1) is 11.8 Å². The van der Waals surface area contributed by atoms with Crippen LogP contribution in [0.5, 0.6) is 0 Å². The van der Waals surface area contributed by atoms with Crippen LogP contribution in [0.3, 0.4) is 0 Å². The van der Waals surface area contributed by atoms with Crippen molar-refractivity contribution in [1.82, 2.24) is 10.9 Å². The fourth-order valence-corrected chi connectivity index (χ4v) is 3.72. The van der Waals surface area contributed by atoms with Gasteiger partial charge in [-0.05, 0) is 36.2 Å². The van der Waals surface area contributed by atoms with Crippen LogP contribution < -0.4 is 21.9 Å². The number of thioether (sulfide) groups is 1. The average Bonchev–Trinajstić information content (AvgIpc) is 3.12. The van der Waals surface area contributed by atoms with Crippen LogP contribution >= 0.6 is 27.7 Å². The Kier molecular flexibility index (Phi) is 6.31. The summed E-state index contributed by atoms with van der Waals surface area (Å²) in [6.07, 6.45) is 0.643. The van der Waals surface area contributed by atoms with Crippen LogP contribution in [0.4, 0.5) is 5.69 Å². The molecule has 8 heteroatoms. The normalized spacial score (nSPS) is 19.3. The molecule has 1 fully saturated rings. The Morgan fingerprint density at radius 2 is 1.88 bits per heavy atom. The number of nitrogens with two attached hydrogens (primary N) is 1. The lowest BCUT2D eigenvalue weighted by molar-refractivity contribution is -0.118. The monoisotopic (exact) mass is 434 g/mol. The van der Waals surface area contributed by atoms with Crippen molar-refractivity contribution in [3.63, 3.8) is 0 Å². The summed E-state index contributed by atoms with van der Waals surface area (Å²) in [5.41, 5.74) is 13.2. The first-order valence-corrected chi connectivity index (χ1v) is 9.88. The van der Waals surface area contributed by atoms with E-state index in [2.05, 4.69) is 32.1 Å². The fourth-order valence-electron chi connectivity index (χ4n) is 2.71. The fraction of sp³-hybridized carbons (Fsp3) is 0.222. The van der Waals surface area contributed by atoms with Crippen LogP contribution in [0, 0.1) is 0 Å². The Morgan fingerprint density at radius 1 is 1.15 bits per heavy atom. The SMILES string of the molecule is NC(=O)CSc1ccccc1NC(=O)C1CC(c2ccc(Br)cc2)NN1. The van der Waals surface area contributed by atoms with Crippen molar-refractivity contribution in [3.8, 4) is 0 Å². The number of nitrogens with one attached hydrogen (secondary N) is 3. The van der Waals surface area contributed by atoms with Gasteiger partial charge in [0, 0.05) is 15.4 Å². The number of para-hydroxylation sites is 1. The minimum atomic E-state index is -0.393. The van der Waals surface area contributed by atoms with E-state index in [1.807, 2.05) is 48.5 Å². The number of anilines is 1. The molecule has 26 heavy (non-hydrogen) atoms. The minimum Gasteiger partial charge on any atom is -0.369 e. The molecule has 2 amide bonds. The molecule has 1 aliphatic heterocycles. The van der Waals surface area contributed by atoms with Crippen LogP contribution in [0.1, 0.15) is 18.0 Å². The average molecular weight is 435 g/mol. The summed E-state index contributed by atoms with van der Waals surface area (Å²) >= 11 is 4.73. The Hall–Kier alpha value is -1.87. The van der Waals surface area contributed by atoms with Crippen LogP contribution in [0.25, 0.3) is 0 Å². The Morgan fingerprint density at radius 3 is 2.62 bits per heavy atom. The molecule has 2 aromatic carbocycles. The molecule has 1 heterocycles. The number of rotatable bonds is 6. The van der Waals surface area contributed by atoms with Crippen LogP contribution in [0.15, 0.2) is 57.9 Å². The maximum Gasteiger partial charge on any atom is 0.242 e. The van der Waals surface area contributed by atoms with Crippen molar-refractivity contribution in [1.29, 1.82) is 0 Å². The van der Waals surface area contributed by atoms with E-state index < -0.39 is 5.91 Å². The first kappa shape index (κ1) is 18.9. The molecule has 1 aliphatic rings. The molecular formula is C18H19BrN4O2S. The summed E-state index contributed by atoms with van der Waals surface area (Å²) in [4.78, 5) is 24.4. The Bertz CT molecular complexity index is 800. The number of halogens is 1. The van der Waals surface area contributed by atoms with Gasteiger partial charge in [0.1, 0.15) is 6.04 Å². The second-order valence-electron chi connectivity index (χ2n) is 5.92. The standard InChI is InChI=1S/C18H19BrN4O2S/c19-12-7-5-11(6-8-12)14-9-15(23-22-14)18(25)21-13-3-1-2-4-16(13)26-10-17(20)24/h1-8,14-15,22-23H,9-10H2,(H2,20,24)(H,21,25). The summed E-state index contributed by atoms with van der Waals surface area (Å²) in [6, 6.07) is 15.1. The molecule has 0 spiro atoms. The van der Waals surface area contributed by atoms with E-state index in [9.17, 15) is 9.59 Å². The summed E-state index contributed by atoms with van der Waals surface area (Å²) in [5, 5.41) is 2.94. The van der Waals surface area contributed by atoms with Crippen LogP contribution in [0.2, 0.25) is 0 Å². The summed E-state index contributed by atoms with van der Waals surface area (Å²) in [7, 11) is 0. The first-order chi connectivity index (χ1) is 12.5. The molecule has 0 aliphatic carbocycles. The van der Waals surface area contributed by atoms with Crippen molar-refractivity contribution in [2.75, 3.05) is 11.1 Å². The van der Waals surface area contributed by atoms with Gasteiger partial charge in [-0.2, -0.15) is 0 Å². The van der Waals surface area contributed by atoms with E-state index in [4.69, 9.17) is 5.73 Å². The molecule has 1 saturated heterocycles. The number of hydrogen-bond acceptors (Lipinski definition) is 5. The first-order valence-electron chi connectivity index (χ1n) is 8.10. The molecule has 2 aromatic rings. The Labute approximate surface area is 164 Å². The second kappa shape index (κ2) is 8.68. The van der Waals surface area contributed by atoms with Crippen LogP contribution in [-0.4, -0.2) is 23.6 Å². The number of hydrazine groups is 1. The number of amides is 2. The number of carbonyl (C=O) groups is 2. The zero-order valence-corrected chi connectivity index (χ0v) is 16.3. The van der Waals surface area contributed by atoms with Gasteiger partial charge in [0.15, 0.2) is 0 Å². The van der Waals surface area contributed by atoms with Crippen molar-refractivity contribution in [3.05, 3.63) is 58.6 Å². The smallest absolute Gasteiger partial charge is 0.242 e. The molecule has 2 unspecified atom stereocenters. The molecule has 6 nitrogen and oxygen atoms in total. The number of hydrogen-bond donors (Lipinski definition) is 4. The minimum absolute atomic E-state index is 0.0679. The highest BCUT2D eigenvalue weighted by atomic mass is 79.9. The van der Waals surface area contributed by atoms with Crippen molar-refractivity contribution in [2.45, 2.75) is 23.4 Å². The largest absolute Gasteiger partial charge is 0.369 e. The maximum atomic E-state index is 12.6. The maximum absolute atomic E-state index is 12.6. The van der Waals surface area contributed by atoms with Gasteiger partial charge in [-0.25, -0.2) is 10.9 Å². The quantitative estimate of drug-likeness (QED) is 0.523. The summed E-state index contributed by atoms with van der Waals surface area (Å²) < 4.78 is 1.02. The van der Waals surface area contributed by atoms with E-state index in [1.54, 1.807) is 0 Å². The van der Waals surface area contributed by atoms with E-state index >= 15 is 0 Å². The molecule has 3 rings (SSSR count). The summed E-state index contributed by atoms with van der Waals surface area (Å²) in [5.74, 6) is -0.346. The molecule has 0 bridgehead atoms. The molecule has 0 aromatic heterocycles. The van der Waals surface area contributed by atoms with E-state index in [0.29, 0.717) is 12.1 Å². The van der Waals surface area contributed by atoms with Gasteiger partial charge in [-0.3, -0.25) is 9.59 Å². The number of primary amides is 1. The van der Waals surface area contributed by atoms with Crippen molar-refractivity contribution in [2.24, 2.45) is 5.73 Å². The summed E-state index contributed by atoms with van der Waals surface area (Å²) in [6.45, 7) is 0. The van der Waals surface area contributed by atoms with Gasteiger partial charge in [-0.1, -0.05) is 40.2 Å². The van der Waals surface area contributed by atoms with Gasteiger partial charge in [0.2, 0.25) is 11.8 Å². The third-order valence-electron chi connectivity index (χ3n) is 4.01. The highest BCUT2D eigenvalue weighted by molar-refractivity contribution is 9.10. The molecule has 0 saturated carbocycles. The van der Waals surface area contributed by atoms with Crippen molar-refractivity contribution < 1.29 is 9.59 Å². The van der Waals surface area contributed by atoms with Crippen molar-refractivity contribution >= 4 is 45.2 Å². The lowest BCUT2D eigenvalue weighted by Gasteiger charge is -2.13. The highest BCUT2D eigenvalue weighted by Gasteiger charge is 2.30. The molecule has 2 atom stereocenters. The molecule has 5 N–H and O–H groups in total. The van der Waals surface area contributed by atoms with Gasteiger partial charge < -0.3 is 11.1 Å². The van der Waals surface area contributed by atoms with E-state index in [1.165, 1.54) is 11.8 Å². The second-order valence-corrected chi connectivity index (χ2v) is 7.85. The molecular weight excluding hydrogens is 416 g/mol. The van der Waals surface area contributed by atoms with Gasteiger partial charge in [0.25, 0.3) is 0 Å². The van der Waals surface area contributed by atoms with Gasteiger partial charge >= 0.3 is 0 Å². The lowest BCUT2D eigenvalue weighted by atomic mass is 10.0. The highest BCUT2D eigenvalue weighted by Crippen LogP contribution is 2.28. The predicted octanol–water partition coefficient (Wildman–Crippen LogP) is 2.57. The van der Waals surface area contributed by atoms with E-state index in [0.717, 1.165) is 14.9 Å². The number of carbonyl (C=O) groups excluding carboxylic acids is 2. The van der Waals surface area contributed by atoms with Crippen LogP contribution in [-0.2, 0) is 9.59 Å². The molecule has 0 radical (unpaired) electrons. The molecule has 136 valence electrons. The Balaban J connectivity index is 1.62. The van der Waals surface area contributed by atoms with Gasteiger partial charge in [0.05, 0.1) is 11.4 Å². The zero-order valence-electron chi connectivity index (χ0n) is 13.9. The topological polar surface area (TPSA) is 96.2 Å². The third kappa shape index (κ3) is 4.85. The zero-order chi connectivity index (χ0) is 18.5.